The maximum atomic E-state index is 12.4. The highest BCUT2D eigenvalue weighted by atomic mass is 16.5. The molecular formula is C27H44O4. The van der Waals surface area contributed by atoms with Gasteiger partial charge in [-0.2, -0.15) is 0 Å². The predicted molar refractivity (Wildman–Crippen MR) is 128 cm³/mol. The standard InChI is InChI=1S/C27H44O4/c1-3-5-6-7-8-9-10-11-12-13-14-15-16-17-20-23(4-2)31-27(30)25-22-19-18-21-24(25)26(28)29/h18-19,21-23H,3-17,20H2,1-2H3,(H,28,29). The van der Waals surface area contributed by atoms with Crippen LogP contribution in [0.1, 0.15) is 137 Å². The summed E-state index contributed by atoms with van der Waals surface area (Å²) in [6, 6.07) is 6.24. The summed E-state index contributed by atoms with van der Waals surface area (Å²) in [5, 5.41) is 9.24. The van der Waals surface area contributed by atoms with E-state index in [2.05, 4.69) is 6.92 Å². The van der Waals surface area contributed by atoms with Gasteiger partial charge in [-0.25, -0.2) is 9.59 Å². The molecule has 1 aromatic rings. The van der Waals surface area contributed by atoms with Crippen LogP contribution in [0, 0.1) is 0 Å². The van der Waals surface area contributed by atoms with Crippen molar-refractivity contribution >= 4 is 11.9 Å². The SMILES string of the molecule is CCCCCCCCCCCCCCCCC(CC)OC(=O)c1ccccc1C(=O)O. The van der Waals surface area contributed by atoms with Crippen molar-refractivity contribution in [1.29, 1.82) is 0 Å². The van der Waals surface area contributed by atoms with Gasteiger partial charge in [0.25, 0.3) is 0 Å². The fraction of sp³-hybridized carbons (Fsp3) is 0.704. The normalized spacial score (nSPS) is 11.9. The average Bonchev–Trinajstić information content (AvgIpc) is 2.78. The molecule has 0 aliphatic rings. The van der Waals surface area contributed by atoms with Gasteiger partial charge in [-0.15, -0.1) is 0 Å². The Balaban J connectivity index is 2.08. The molecule has 1 atom stereocenters. The molecule has 0 spiro atoms. The highest BCUT2D eigenvalue weighted by molar-refractivity contribution is 6.02. The van der Waals surface area contributed by atoms with Crippen molar-refractivity contribution in [1.82, 2.24) is 0 Å². The van der Waals surface area contributed by atoms with Crippen LogP contribution in [0.25, 0.3) is 0 Å². The summed E-state index contributed by atoms with van der Waals surface area (Å²) in [6.07, 6.45) is 20.0. The van der Waals surface area contributed by atoms with E-state index < -0.39 is 11.9 Å². The van der Waals surface area contributed by atoms with E-state index in [0.717, 1.165) is 25.7 Å². The third-order valence-electron chi connectivity index (χ3n) is 5.99. The molecule has 0 aromatic heterocycles. The second-order valence-electron chi connectivity index (χ2n) is 8.67. The molecule has 31 heavy (non-hydrogen) atoms. The molecule has 1 rings (SSSR count). The topological polar surface area (TPSA) is 63.6 Å². The lowest BCUT2D eigenvalue weighted by Gasteiger charge is -2.17. The molecule has 1 N–H and O–H groups in total. The molecule has 4 heteroatoms. The minimum absolute atomic E-state index is 0.00107. The van der Waals surface area contributed by atoms with Crippen molar-refractivity contribution < 1.29 is 19.4 Å². The number of unbranched alkanes of at least 4 members (excludes halogenated alkanes) is 13. The van der Waals surface area contributed by atoms with E-state index in [4.69, 9.17) is 4.74 Å². The van der Waals surface area contributed by atoms with E-state index in [1.54, 1.807) is 12.1 Å². The fourth-order valence-electron chi connectivity index (χ4n) is 3.98. The molecular weight excluding hydrogens is 388 g/mol. The van der Waals surface area contributed by atoms with Crippen LogP contribution in [0.3, 0.4) is 0 Å². The Labute approximate surface area is 189 Å². The molecule has 1 unspecified atom stereocenters. The van der Waals surface area contributed by atoms with E-state index in [0.29, 0.717) is 0 Å². The zero-order valence-corrected chi connectivity index (χ0v) is 19.9. The number of hydrogen-bond donors (Lipinski definition) is 1. The summed E-state index contributed by atoms with van der Waals surface area (Å²) in [4.78, 5) is 23.7. The van der Waals surface area contributed by atoms with Gasteiger partial charge in [-0.3, -0.25) is 0 Å². The van der Waals surface area contributed by atoms with Crippen LogP contribution in [0.2, 0.25) is 0 Å². The maximum absolute atomic E-state index is 12.4. The first-order chi connectivity index (χ1) is 15.1. The van der Waals surface area contributed by atoms with Gasteiger partial charge in [0.15, 0.2) is 0 Å². The number of ether oxygens (including phenoxy) is 1. The largest absolute Gasteiger partial charge is 0.478 e. The Morgan fingerprint density at radius 3 is 1.65 bits per heavy atom. The van der Waals surface area contributed by atoms with Crippen molar-refractivity contribution in [2.45, 2.75) is 123 Å². The third-order valence-corrected chi connectivity index (χ3v) is 5.99. The minimum Gasteiger partial charge on any atom is -0.478 e. The summed E-state index contributed by atoms with van der Waals surface area (Å²) < 4.78 is 5.59. The summed E-state index contributed by atoms with van der Waals surface area (Å²) in [5.74, 6) is -1.64. The van der Waals surface area contributed by atoms with Gasteiger partial charge >= 0.3 is 11.9 Å². The van der Waals surface area contributed by atoms with Crippen LogP contribution in [0.4, 0.5) is 0 Å². The molecule has 0 saturated heterocycles. The number of carbonyl (C=O) groups excluding carboxylic acids is 1. The molecule has 0 heterocycles. The number of hydrogen-bond acceptors (Lipinski definition) is 3. The summed E-state index contributed by atoms with van der Waals surface area (Å²) in [7, 11) is 0. The van der Waals surface area contributed by atoms with Gasteiger partial charge in [0, 0.05) is 0 Å². The quantitative estimate of drug-likeness (QED) is 0.177. The molecule has 176 valence electrons. The summed E-state index contributed by atoms with van der Waals surface area (Å²) in [5.41, 5.74) is 0.133. The molecule has 0 aliphatic heterocycles. The smallest absolute Gasteiger partial charge is 0.339 e. The number of carboxylic acids is 1. The van der Waals surface area contributed by atoms with E-state index in [9.17, 15) is 14.7 Å². The first-order valence-electron chi connectivity index (χ1n) is 12.6. The highest BCUT2D eigenvalue weighted by Gasteiger charge is 2.20. The molecule has 0 bridgehead atoms. The Morgan fingerprint density at radius 1 is 0.742 bits per heavy atom. The first-order valence-corrected chi connectivity index (χ1v) is 12.6. The summed E-state index contributed by atoms with van der Waals surface area (Å²) in [6.45, 7) is 4.27. The van der Waals surface area contributed by atoms with E-state index >= 15 is 0 Å². The predicted octanol–water partition coefficient (Wildman–Crippen LogP) is 8.19. The van der Waals surface area contributed by atoms with Gasteiger partial charge in [0.2, 0.25) is 0 Å². The lowest BCUT2D eigenvalue weighted by molar-refractivity contribution is 0.0262. The van der Waals surface area contributed by atoms with Crippen LogP contribution < -0.4 is 0 Å². The minimum atomic E-state index is -1.10. The monoisotopic (exact) mass is 432 g/mol. The van der Waals surface area contributed by atoms with Gasteiger partial charge in [0.05, 0.1) is 11.1 Å². The zero-order valence-electron chi connectivity index (χ0n) is 19.9. The molecule has 1 aromatic carbocycles. The zero-order chi connectivity index (χ0) is 22.7. The van der Waals surface area contributed by atoms with Crippen LogP contribution in [-0.4, -0.2) is 23.1 Å². The van der Waals surface area contributed by atoms with Crippen molar-refractivity contribution in [2.75, 3.05) is 0 Å². The van der Waals surface area contributed by atoms with Crippen molar-refractivity contribution in [3.05, 3.63) is 35.4 Å². The van der Waals surface area contributed by atoms with Crippen molar-refractivity contribution in [3.8, 4) is 0 Å². The highest BCUT2D eigenvalue weighted by Crippen LogP contribution is 2.17. The number of carboxylic acid groups (broad SMARTS) is 1. The van der Waals surface area contributed by atoms with Crippen LogP contribution >= 0.6 is 0 Å². The number of carbonyl (C=O) groups is 2. The second-order valence-corrected chi connectivity index (χ2v) is 8.67. The lowest BCUT2D eigenvalue weighted by Crippen LogP contribution is -2.19. The van der Waals surface area contributed by atoms with E-state index in [1.807, 2.05) is 6.92 Å². The molecule has 0 fully saturated rings. The van der Waals surface area contributed by atoms with Gasteiger partial charge in [-0.1, -0.05) is 109 Å². The molecule has 0 aliphatic carbocycles. The Hall–Kier alpha value is -1.84. The average molecular weight is 433 g/mol. The van der Waals surface area contributed by atoms with Gasteiger partial charge in [0.1, 0.15) is 6.10 Å². The fourth-order valence-corrected chi connectivity index (χ4v) is 3.98. The van der Waals surface area contributed by atoms with Gasteiger partial charge < -0.3 is 9.84 Å². The maximum Gasteiger partial charge on any atom is 0.339 e. The van der Waals surface area contributed by atoms with E-state index in [1.165, 1.54) is 89.2 Å². The summed E-state index contributed by atoms with van der Waals surface area (Å²) >= 11 is 0. The number of aromatic carboxylic acids is 1. The third kappa shape index (κ3) is 12.6. The Bertz CT molecular complexity index is 611. The molecule has 0 radical (unpaired) electrons. The Morgan fingerprint density at radius 2 is 1.19 bits per heavy atom. The molecule has 4 nitrogen and oxygen atoms in total. The van der Waals surface area contributed by atoms with E-state index in [-0.39, 0.29) is 17.2 Å². The Kier molecular flexibility index (Phi) is 15.6. The van der Waals surface area contributed by atoms with Crippen LogP contribution in [-0.2, 0) is 4.74 Å². The van der Waals surface area contributed by atoms with Crippen molar-refractivity contribution in [3.63, 3.8) is 0 Å². The number of esters is 1. The first kappa shape index (κ1) is 27.2. The molecule has 0 saturated carbocycles. The molecule has 0 amide bonds. The second kappa shape index (κ2) is 17.8. The van der Waals surface area contributed by atoms with Crippen molar-refractivity contribution in [2.24, 2.45) is 0 Å². The lowest BCUT2D eigenvalue weighted by atomic mass is 10.0. The van der Waals surface area contributed by atoms with Crippen LogP contribution in [0.5, 0.6) is 0 Å². The van der Waals surface area contributed by atoms with Crippen LogP contribution in [0.15, 0.2) is 24.3 Å². The van der Waals surface area contributed by atoms with Gasteiger partial charge in [-0.05, 0) is 31.4 Å². The number of benzene rings is 1. The number of rotatable bonds is 19.